The third-order valence-electron chi connectivity index (χ3n) is 7.15. The first-order valence-corrected chi connectivity index (χ1v) is 14.6. The fourth-order valence-corrected chi connectivity index (χ4v) is 4.79. The number of carboxylic acid groups (broad SMARTS) is 3. The maximum absolute atomic E-state index is 11.7. The molecule has 0 bridgehead atoms. The van der Waals surface area contributed by atoms with Gasteiger partial charge in [-0.25, -0.2) is 24.5 Å². The molecule has 3 aromatic heterocycles. The summed E-state index contributed by atoms with van der Waals surface area (Å²) < 4.78 is 24.4. The fourth-order valence-electron chi connectivity index (χ4n) is 4.79. The van der Waals surface area contributed by atoms with Gasteiger partial charge >= 0.3 is 17.9 Å². The number of hydrogen-bond donors (Lipinski definition) is 4. The molecule has 2 fully saturated rings. The minimum atomic E-state index is -1.82. The Hall–Kier alpha value is -4.89. The minimum absolute atomic E-state index is 0.190. The molecule has 246 valence electrons. The third kappa shape index (κ3) is 9.55. The number of carboxylic acids is 3. The lowest BCUT2D eigenvalue weighted by Crippen LogP contribution is -2.47. The van der Waals surface area contributed by atoms with Crippen LogP contribution in [0, 0.1) is 11.3 Å². The zero-order chi connectivity index (χ0) is 32.9. The molecule has 5 rings (SSSR count). The summed E-state index contributed by atoms with van der Waals surface area (Å²) in [5, 5.41) is 37.0. The standard InChI is InChI=1S/C27H33N7O6.C2H2O4/c28-16-19-1-2-24(29-17-19)34-18-30-21-15-23(25(32-26(21)34)31-20-3-8-37-9-4-20)40-14-13-38-10-5-22(27(35)36)33-6-11-39-12-7-33;3-1(4)2(5)6/h1-2,15,17-18,20,22H,3-14H2,(H,31,32)(H,35,36);(H,3,4)(H,5,6). The number of aliphatic carboxylic acids is 3. The van der Waals surface area contributed by atoms with Gasteiger partial charge in [-0.15, -0.1) is 0 Å². The number of nitrogens with one attached hydrogen (secondary N) is 1. The lowest BCUT2D eigenvalue weighted by Gasteiger charge is -2.31. The van der Waals surface area contributed by atoms with Crippen LogP contribution in [0.25, 0.3) is 17.0 Å². The number of nitriles is 1. The summed E-state index contributed by atoms with van der Waals surface area (Å²) in [6, 6.07) is 6.96. The van der Waals surface area contributed by atoms with E-state index in [1.807, 2.05) is 11.0 Å². The average Bonchev–Trinajstić information content (AvgIpc) is 3.48. The van der Waals surface area contributed by atoms with E-state index in [2.05, 4.69) is 21.4 Å². The molecular weight excluding hydrogens is 606 g/mol. The molecule has 2 aliphatic heterocycles. The fraction of sp³-hybridized carbons (Fsp3) is 0.483. The van der Waals surface area contributed by atoms with Gasteiger partial charge in [-0.2, -0.15) is 5.26 Å². The van der Waals surface area contributed by atoms with E-state index in [1.54, 1.807) is 23.0 Å². The zero-order valence-electron chi connectivity index (χ0n) is 24.9. The molecule has 0 radical (unpaired) electrons. The Bertz CT molecular complexity index is 1500. The SMILES string of the molecule is N#Cc1ccc(-n2cnc3cc(OCCOCCC(C(=O)O)N4CCOCC4)c(NC4CCOCC4)nc32)nc1.O=C(O)C(=O)O. The predicted octanol–water partition coefficient (Wildman–Crippen LogP) is 1.00. The van der Waals surface area contributed by atoms with E-state index in [0.717, 1.165) is 12.8 Å². The highest BCUT2D eigenvalue weighted by atomic mass is 16.5. The Kier molecular flexibility index (Phi) is 12.5. The summed E-state index contributed by atoms with van der Waals surface area (Å²) in [6.45, 7) is 4.54. The topological polar surface area (TPSA) is 231 Å². The molecule has 5 heterocycles. The van der Waals surface area contributed by atoms with Crippen LogP contribution in [0.2, 0.25) is 0 Å². The Morgan fingerprint density at radius 2 is 1.74 bits per heavy atom. The second-order valence-corrected chi connectivity index (χ2v) is 10.2. The van der Waals surface area contributed by atoms with Crippen LogP contribution < -0.4 is 10.1 Å². The van der Waals surface area contributed by atoms with Crippen LogP contribution >= 0.6 is 0 Å². The van der Waals surface area contributed by atoms with Gasteiger partial charge in [-0.3, -0.25) is 14.3 Å². The van der Waals surface area contributed by atoms with Gasteiger partial charge in [0.1, 0.15) is 36.4 Å². The third-order valence-corrected chi connectivity index (χ3v) is 7.15. The Labute approximate surface area is 263 Å². The Morgan fingerprint density at radius 1 is 1.02 bits per heavy atom. The van der Waals surface area contributed by atoms with E-state index in [0.29, 0.717) is 93.3 Å². The molecule has 0 aliphatic carbocycles. The molecule has 1 unspecified atom stereocenters. The van der Waals surface area contributed by atoms with Crippen LogP contribution in [0.15, 0.2) is 30.7 Å². The van der Waals surface area contributed by atoms with Gasteiger partial charge in [0.25, 0.3) is 0 Å². The van der Waals surface area contributed by atoms with Crippen LogP contribution in [0.5, 0.6) is 5.75 Å². The van der Waals surface area contributed by atoms with Crippen molar-refractivity contribution in [3.05, 3.63) is 36.3 Å². The Morgan fingerprint density at radius 3 is 2.37 bits per heavy atom. The second kappa shape index (κ2) is 17.0. The minimum Gasteiger partial charge on any atom is -0.487 e. The van der Waals surface area contributed by atoms with E-state index in [1.165, 1.54) is 6.20 Å². The molecule has 0 saturated carbocycles. The summed E-state index contributed by atoms with van der Waals surface area (Å²) in [5.74, 6) is -2.75. The van der Waals surface area contributed by atoms with Crippen molar-refractivity contribution in [3.63, 3.8) is 0 Å². The van der Waals surface area contributed by atoms with Gasteiger partial charge in [0.15, 0.2) is 17.2 Å². The summed E-state index contributed by atoms with van der Waals surface area (Å²) in [6.07, 6.45) is 5.25. The first-order valence-electron chi connectivity index (χ1n) is 14.6. The number of aromatic nitrogens is 4. The molecule has 46 heavy (non-hydrogen) atoms. The molecule has 0 aromatic carbocycles. The first-order chi connectivity index (χ1) is 22.3. The normalized spacial score (nSPS) is 16.1. The van der Waals surface area contributed by atoms with E-state index >= 15 is 0 Å². The number of pyridine rings is 2. The van der Waals surface area contributed by atoms with Crippen LogP contribution in [-0.4, -0.2) is 129 Å². The van der Waals surface area contributed by atoms with E-state index in [-0.39, 0.29) is 12.6 Å². The molecule has 2 aliphatic rings. The van der Waals surface area contributed by atoms with Crippen LogP contribution in [0.4, 0.5) is 5.82 Å². The summed E-state index contributed by atoms with van der Waals surface area (Å²) in [4.78, 5) is 45.6. The number of nitrogens with zero attached hydrogens (tertiary/aromatic N) is 6. The number of anilines is 1. The maximum Gasteiger partial charge on any atom is 0.414 e. The number of morpholine rings is 1. The summed E-state index contributed by atoms with van der Waals surface area (Å²) in [5.41, 5.74) is 1.72. The number of hydrogen-bond acceptors (Lipinski definition) is 13. The van der Waals surface area contributed by atoms with Crippen molar-refractivity contribution in [2.75, 3.05) is 64.7 Å². The van der Waals surface area contributed by atoms with Crippen molar-refractivity contribution in [2.45, 2.75) is 31.3 Å². The van der Waals surface area contributed by atoms with Gasteiger partial charge in [0.2, 0.25) is 0 Å². The molecule has 4 N–H and O–H groups in total. The second-order valence-electron chi connectivity index (χ2n) is 10.2. The number of imidazole rings is 1. The largest absolute Gasteiger partial charge is 0.487 e. The van der Waals surface area contributed by atoms with E-state index < -0.39 is 23.9 Å². The van der Waals surface area contributed by atoms with Gasteiger partial charge in [-0.05, 0) is 31.4 Å². The lowest BCUT2D eigenvalue weighted by atomic mass is 10.1. The van der Waals surface area contributed by atoms with Gasteiger partial charge < -0.3 is 39.6 Å². The number of carbonyl (C=O) groups is 3. The van der Waals surface area contributed by atoms with Gasteiger partial charge in [-0.1, -0.05) is 0 Å². The molecule has 1 atom stereocenters. The predicted molar refractivity (Wildman–Crippen MR) is 159 cm³/mol. The number of fused-ring (bicyclic) bond motifs is 1. The monoisotopic (exact) mass is 641 g/mol. The molecule has 0 spiro atoms. The smallest absolute Gasteiger partial charge is 0.414 e. The lowest BCUT2D eigenvalue weighted by molar-refractivity contribution is -0.159. The Balaban J connectivity index is 0.000000731. The highest BCUT2D eigenvalue weighted by molar-refractivity contribution is 6.27. The molecular formula is C29H35N7O10. The maximum atomic E-state index is 11.7. The van der Waals surface area contributed by atoms with Crippen LogP contribution in [0.3, 0.4) is 0 Å². The van der Waals surface area contributed by atoms with Crippen molar-refractivity contribution in [3.8, 4) is 17.6 Å². The molecule has 17 nitrogen and oxygen atoms in total. The number of rotatable bonds is 12. The molecule has 2 saturated heterocycles. The quantitative estimate of drug-likeness (QED) is 0.160. The average molecular weight is 642 g/mol. The van der Waals surface area contributed by atoms with Gasteiger partial charge in [0.05, 0.1) is 25.4 Å². The van der Waals surface area contributed by atoms with Gasteiger partial charge in [0, 0.05) is 51.2 Å². The van der Waals surface area contributed by atoms with E-state index in [4.69, 9.17) is 49.0 Å². The molecule has 17 heteroatoms. The van der Waals surface area contributed by atoms with E-state index in [9.17, 15) is 9.90 Å². The van der Waals surface area contributed by atoms with Crippen LogP contribution in [0.1, 0.15) is 24.8 Å². The van der Waals surface area contributed by atoms with Crippen LogP contribution in [-0.2, 0) is 28.6 Å². The van der Waals surface area contributed by atoms with Crippen molar-refractivity contribution in [1.82, 2.24) is 24.4 Å². The summed E-state index contributed by atoms with van der Waals surface area (Å²) >= 11 is 0. The summed E-state index contributed by atoms with van der Waals surface area (Å²) in [7, 11) is 0. The molecule has 3 aromatic rings. The molecule has 0 amide bonds. The highest BCUT2D eigenvalue weighted by Gasteiger charge is 2.27. The van der Waals surface area contributed by atoms with Crippen molar-refractivity contribution in [2.24, 2.45) is 0 Å². The zero-order valence-corrected chi connectivity index (χ0v) is 24.9. The van der Waals surface area contributed by atoms with Crippen molar-refractivity contribution >= 4 is 34.9 Å². The highest BCUT2D eigenvalue weighted by Crippen LogP contribution is 2.29. The number of ether oxygens (including phenoxy) is 4. The van der Waals surface area contributed by atoms with Crippen molar-refractivity contribution < 1.29 is 48.7 Å². The van der Waals surface area contributed by atoms with Crippen molar-refractivity contribution in [1.29, 1.82) is 5.26 Å². The first kappa shape index (κ1) is 34.0.